The van der Waals surface area contributed by atoms with Gasteiger partial charge in [-0.2, -0.15) is 0 Å². The molecule has 0 amide bonds. The van der Waals surface area contributed by atoms with Crippen molar-refractivity contribution in [3.63, 3.8) is 0 Å². The largest absolute Gasteiger partial charge is 0.469 e. The van der Waals surface area contributed by atoms with Gasteiger partial charge < -0.3 is 8.83 Å². The molecule has 4 heteroatoms. The Morgan fingerprint density at radius 2 is 2.27 bits per heavy atom. The van der Waals surface area contributed by atoms with E-state index in [1.165, 1.54) is 6.39 Å². The van der Waals surface area contributed by atoms with Crippen LogP contribution in [0.5, 0.6) is 0 Å². The molecule has 0 radical (unpaired) electrons. The molecule has 0 unspecified atom stereocenters. The zero-order valence-electron chi connectivity index (χ0n) is 5.94. The molecule has 2 aromatic rings. The third-order valence-corrected chi connectivity index (χ3v) is 1.34. The van der Waals surface area contributed by atoms with Crippen LogP contribution in [0.25, 0.3) is 11.5 Å². The maximum Gasteiger partial charge on any atom is 0.250 e. The number of nitrogens with zero attached hydrogens (tertiary/aromatic N) is 2. The van der Waals surface area contributed by atoms with E-state index >= 15 is 0 Å². The fourth-order valence-corrected chi connectivity index (χ4v) is 0.854. The molecule has 0 aliphatic heterocycles. The molecule has 0 saturated heterocycles. The summed E-state index contributed by atoms with van der Waals surface area (Å²) < 4.78 is 10.0. The van der Waals surface area contributed by atoms with E-state index in [1.54, 1.807) is 6.26 Å². The maximum absolute atomic E-state index is 5.06. The van der Waals surface area contributed by atoms with Crippen LogP contribution >= 0.6 is 0 Å². The molecular formula is C7H6N2O2. The van der Waals surface area contributed by atoms with Gasteiger partial charge >= 0.3 is 0 Å². The zero-order chi connectivity index (χ0) is 7.68. The molecule has 2 aromatic heterocycles. The number of furan rings is 1. The number of rotatable bonds is 1. The number of aryl methyl sites for hydroxylation is 1. The summed E-state index contributed by atoms with van der Waals surface area (Å²) in [6, 6.07) is 1.84. The van der Waals surface area contributed by atoms with E-state index in [0.717, 1.165) is 11.3 Å². The van der Waals surface area contributed by atoms with E-state index in [4.69, 9.17) is 8.83 Å². The normalized spacial score (nSPS) is 10.3. The van der Waals surface area contributed by atoms with Crippen LogP contribution in [-0.4, -0.2) is 10.2 Å². The fraction of sp³-hybridized carbons (Fsp3) is 0.143. The molecular weight excluding hydrogens is 144 g/mol. The molecule has 4 nitrogen and oxygen atoms in total. The lowest BCUT2D eigenvalue weighted by molar-refractivity contribution is 0.531. The molecule has 2 heterocycles. The Bertz CT molecular complexity index is 337. The van der Waals surface area contributed by atoms with Crippen LogP contribution in [0.3, 0.4) is 0 Å². The SMILES string of the molecule is Cc1cc(-c2nnco2)co1. The standard InChI is InChI=1S/C7H6N2O2/c1-5-2-6(3-10-5)7-9-8-4-11-7/h2-4H,1H3. The van der Waals surface area contributed by atoms with Crippen molar-refractivity contribution in [1.82, 2.24) is 10.2 Å². The molecule has 56 valence electrons. The van der Waals surface area contributed by atoms with Gasteiger partial charge in [0.25, 0.3) is 5.89 Å². The second-order valence-corrected chi connectivity index (χ2v) is 2.19. The second-order valence-electron chi connectivity index (χ2n) is 2.19. The third kappa shape index (κ3) is 1.02. The van der Waals surface area contributed by atoms with Gasteiger partial charge in [0.1, 0.15) is 12.0 Å². The summed E-state index contributed by atoms with van der Waals surface area (Å²) in [5, 5.41) is 7.27. The summed E-state index contributed by atoms with van der Waals surface area (Å²) in [4.78, 5) is 0. The van der Waals surface area contributed by atoms with E-state index in [2.05, 4.69) is 10.2 Å². The highest BCUT2D eigenvalue weighted by molar-refractivity contribution is 5.50. The van der Waals surface area contributed by atoms with Crippen LogP contribution < -0.4 is 0 Å². The first-order valence-electron chi connectivity index (χ1n) is 3.18. The summed E-state index contributed by atoms with van der Waals surface area (Å²) in [5.41, 5.74) is 0.819. The Morgan fingerprint density at radius 3 is 2.82 bits per heavy atom. The first-order chi connectivity index (χ1) is 5.36. The Morgan fingerprint density at radius 1 is 1.36 bits per heavy atom. The average molecular weight is 150 g/mol. The lowest BCUT2D eigenvalue weighted by Crippen LogP contribution is -1.71. The molecule has 0 aromatic carbocycles. The van der Waals surface area contributed by atoms with Crippen LogP contribution in [0.1, 0.15) is 5.76 Å². The van der Waals surface area contributed by atoms with Crippen molar-refractivity contribution in [2.75, 3.05) is 0 Å². The van der Waals surface area contributed by atoms with Gasteiger partial charge in [-0.05, 0) is 13.0 Å². The minimum atomic E-state index is 0.488. The van der Waals surface area contributed by atoms with Crippen LogP contribution in [0.4, 0.5) is 0 Å². The van der Waals surface area contributed by atoms with Crippen molar-refractivity contribution < 1.29 is 8.83 Å². The van der Waals surface area contributed by atoms with Gasteiger partial charge in [0, 0.05) is 0 Å². The van der Waals surface area contributed by atoms with Gasteiger partial charge in [0.15, 0.2) is 0 Å². The van der Waals surface area contributed by atoms with E-state index in [0.29, 0.717) is 5.89 Å². The van der Waals surface area contributed by atoms with Gasteiger partial charge in [-0.25, -0.2) is 0 Å². The first-order valence-corrected chi connectivity index (χ1v) is 3.18. The lowest BCUT2D eigenvalue weighted by Gasteiger charge is -1.80. The molecule has 0 saturated carbocycles. The minimum absolute atomic E-state index is 0.488. The molecule has 0 spiro atoms. The van der Waals surface area contributed by atoms with Gasteiger partial charge in [0.05, 0.1) is 5.56 Å². The second kappa shape index (κ2) is 2.23. The third-order valence-electron chi connectivity index (χ3n) is 1.34. The summed E-state index contributed by atoms with van der Waals surface area (Å²) in [5.74, 6) is 1.32. The highest BCUT2D eigenvalue weighted by atomic mass is 16.4. The van der Waals surface area contributed by atoms with Crippen molar-refractivity contribution in [3.8, 4) is 11.5 Å². The van der Waals surface area contributed by atoms with Crippen molar-refractivity contribution in [1.29, 1.82) is 0 Å². The van der Waals surface area contributed by atoms with Crippen LogP contribution in [-0.2, 0) is 0 Å². The molecule has 2 rings (SSSR count). The minimum Gasteiger partial charge on any atom is -0.469 e. The Hall–Kier alpha value is -1.58. The molecule has 0 aliphatic rings. The summed E-state index contributed by atoms with van der Waals surface area (Å²) in [7, 11) is 0. The molecule has 0 atom stereocenters. The maximum atomic E-state index is 5.06. The lowest BCUT2D eigenvalue weighted by atomic mass is 10.3. The van der Waals surface area contributed by atoms with Gasteiger partial charge in [0.2, 0.25) is 6.39 Å². The average Bonchev–Trinajstić information content (AvgIpc) is 2.55. The van der Waals surface area contributed by atoms with Crippen molar-refractivity contribution in [3.05, 3.63) is 24.5 Å². The van der Waals surface area contributed by atoms with Crippen molar-refractivity contribution >= 4 is 0 Å². The number of hydrogen-bond acceptors (Lipinski definition) is 4. The summed E-state index contributed by atoms with van der Waals surface area (Å²) in [6.45, 7) is 1.86. The zero-order valence-corrected chi connectivity index (χ0v) is 5.94. The van der Waals surface area contributed by atoms with Crippen LogP contribution in [0.2, 0.25) is 0 Å². The van der Waals surface area contributed by atoms with Gasteiger partial charge in [-0.3, -0.25) is 0 Å². The molecule has 11 heavy (non-hydrogen) atoms. The quantitative estimate of drug-likeness (QED) is 0.620. The van der Waals surface area contributed by atoms with Gasteiger partial charge in [-0.15, -0.1) is 10.2 Å². The molecule has 0 N–H and O–H groups in total. The number of hydrogen-bond donors (Lipinski definition) is 0. The summed E-state index contributed by atoms with van der Waals surface area (Å²) in [6.07, 6.45) is 2.88. The van der Waals surface area contributed by atoms with Crippen LogP contribution in [0.15, 0.2) is 27.6 Å². The Balaban J connectivity index is 2.45. The van der Waals surface area contributed by atoms with Crippen LogP contribution in [0, 0.1) is 6.92 Å². The highest BCUT2D eigenvalue weighted by Crippen LogP contribution is 2.18. The predicted molar refractivity (Wildman–Crippen MR) is 36.7 cm³/mol. The van der Waals surface area contributed by atoms with Gasteiger partial charge in [-0.1, -0.05) is 0 Å². The first kappa shape index (κ1) is 6.15. The fourth-order valence-electron chi connectivity index (χ4n) is 0.854. The van der Waals surface area contributed by atoms with E-state index in [1.807, 2.05) is 13.0 Å². The highest BCUT2D eigenvalue weighted by Gasteiger charge is 2.05. The molecule has 0 aliphatic carbocycles. The summed E-state index contributed by atoms with van der Waals surface area (Å²) >= 11 is 0. The smallest absolute Gasteiger partial charge is 0.250 e. The monoisotopic (exact) mass is 150 g/mol. The van der Waals surface area contributed by atoms with Crippen molar-refractivity contribution in [2.24, 2.45) is 0 Å². The topological polar surface area (TPSA) is 52.1 Å². The predicted octanol–water partition coefficient (Wildman–Crippen LogP) is 1.64. The Labute approximate surface area is 62.8 Å². The Kier molecular flexibility index (Phi) is 1.25. The van der Waals surface area contributed by atoms with Crippen molar-refractivity contribution in [2.45, 2.75) is 6.92 Å². The van der Waals surface area contributed by atoms with E-state index in [-0.39, 0.29) is 0 Å². The van der Waals surface area contributed by atoms with E-state index in [9.17, 15) is 0 Å². The van der Waals surface area contributed by atoms with E-state index < -0.39 is 0 Å². The molecule has 0 fully saturated rings. The number of aromatic nitrogens is 2. The molecule has 0 bridgehead atoms.